The molecule has 0 aromatic heterocycles. The van der Waals surface area contributed by atoms with E-state index in [1.54, 1.807) is 0 Å². The molecule has 3 rings (SSSR count). The Balaban J connectivity index is 1.35. The molecule has 2 heteroatoms. The second-order valence-electron chi connectivity index (χ2n) is 10.00. The maximum atomic E-state index is 13.9. The summed E-state index contributed by atoms with van der Waals surface area (Å²) in [6, 6.07) is 3.01. The van der Waals surface area contributed by atoms with Crippen LogP contribution in [0.1, 0.15) is 114 Å². The van der Waals surface area contributed by atoms with Crippen LogP contribution in [0.15, 0.2) is 35.9 Å². The van der Waals surface area contributed by atoms with Gasteiger partial charge in [-0.2, -0.15) is 0 Å². The van der Waals surface area contributed by atoms with Gasteiger partial charge in [0.15, 0.2) is 0 Å². The number of rotatable bonds is 11. The topological polar surface area (TPSA) is 0 Å². The lowest BCUT2D eigenvalue weighted by molar-refractivity contribution is 0.282. The van der Waals surface area contributed by atoms with E-state index >= 15 is 0 Å². The van der Waals surface area contributed by atoms with Crippen LogP contribution in [0, 0.1) is 30.4 Å². The summed E-state index contributed by atoms with van der Waals surface area (Å²) in [5, 5.41) is 0. The average molecular weight is 429 g/mol. The summed E-state index contributed by atoms with van der Waals surface area (Å²) < 4.78 is 27.8. The average Bonchev–Trinajstić information content (AvgIpc) is 2.79. The van der Waals surface area contributed by atoms with Gasteiger partial charge in [-0.25, -0.2) is 8.78 Å². The molecule has 0 aliphatic heterocycles. The third-order valence-electron chi connectivity index (χ3n) is 7.64. The van der Waals surface area contributed by atoms with Gasteiger partial charge >= 0.3 is 0 Å². The van der Waals surface area contributed by atoms with Crippen LogP contribution in [0.25, 0.3) is 0 Å². The predicted molar refractivity (Wildman–Crippen MR) is 128 cm³/mol. The van der Waals surface area contributed by atoms with Crippen molar-refractivity contribution in [3.05, 3.63) is 58.7 Å². The summed E-state index contributed by atoms with van der Waals surface area (Å²) in [5.74, 6) is 0.821. The van der Waals surface area contributed by atoms with Crippen molar-refractivity contribution in [2.24, 2.45) is 11.8 Å². The van der Waals surface area contributed by atoms with Crippen LogP contribution in [0.4, 0.5) is 8.78 Å². The molecule has 0 saturated heterocycles. The number of allylic oxidation sites excluding steroid dienone is 4. The van der Waals surface area contributed by atoms with Crippen molar-refractivity contribution < 1.29 is 8.78 Å². The fourth-order valence-electron chi connectivity index (χ4n) is 5.42. The summed E-state index contributed by atoms with van der Waals surface area (Å²) in [6.07, 6.45) is 25.6. The zero-order chi connectivity index (χ0) is 22.1. The van der Waals surface area contributed by atoms with E-state index in [1.807, 2.05) is 0 Å². The van der Waals surface area contributed by atoms with Crippen molar-refractivity contribution >= 4 is 0 Å². The molecule has 2 aliphatic carbocycles. The quantitative estimate of drug-likeness (QED) is 0.308. The monoisotopic (exact) mass is 428 g/mol. The van der Waals surface area contributed by atoms with Crippen LogP contribution in [0.2, 0.25) is 0 Å². The van der Waals surface area contributed by atoms with E-state index in [0.29, 0.717) is 5.92 Å². The number of benzene rings is 1. The molecule has 0 spiro atoms. The van der Waals surface area contributed by atoms with Crippen molar-refractivity contribution in [1.82, 2.24) is 0 Å². The number of halogens is 2. The molecule has 0 N–H and O–H groups in total. The van der Waals surface area contributed by atoms with Gasteiger partial charge in [0.05, 0.1) is 0 Å². The highest BCUT2D eigenvalue weighted by molar-refractivity contribution is 5.36. The largest absolute Gasteiger partial charge is 0.207 e. The van der Waals surface area contributed by atoms with Gasteiger partial charge in [0, 0.05) is 11.5 Å². The Morgan fingerprint density at radius 2 is 1.45 bits per heavy atom. The molecule has 1 aromatic carbocycles. The second-order valence-corrected chi connectivity index (χ2v) is 10.00. The van der Waals surface area contributed by atoms with Crippen molar-refractivity contribution in [3.63, 3.8) is 0 Å². The fraction of sp³-hybridized carbons (Fsp3) is 0.655. The molecule has 2 aliphatic rings. The Labute approximate surface area is 189 Å². The molecule has 0 amide bonds. The zero-order valence-electron chi connectivity index (χ0n) is 19.8. The highest BCUT2D eigenvalue weighted by Crippen LogP contribution is 2.39. The Kier molecular flexibility index (Phi) is 9.81. The lowest BCUT2D eigenvalue weighted by Crippen LogP contribution is -2.17. The highest BCUT2D eigenvalue weighted by Gasteiger charge is 2.24. The number of hydrogen-bond acceptors (Lipinski definition) is 0. The molecule has 172 valence electrons. The van der Waals surface area contributed by atoms with E-state index in [9.17, 15) is 8.78 Å². The summed E-state index contributed by atoms with van der Waals surface area (Å²) >= 11 is 0. The molecule has 1 saturated carbocycles. The van der Waals surface area contributed by atoms with Gasteiger partial charge in [0.2, 0.25) is 0 Å². The summed E-state index contributed by atoms with van der Waals surface area (Å²) in [4.78, 5) is 0. The molecule has 0 radical (unpaired) electrons. The highest BCUT2D eigenvalue weighted by atomic mass is 19.1. The van der Waals surface area contributed by atoms with Crippen LogP contribution >= 0.6 is 0 Å². The van der Waals surface area contributed by atoms with Crippen LogP contribution in [0.3, 0.4) is 0 Å². The molecule has 0 bridgehead atoms. The Morgan fingerprint density at radius 3 is 2.03 bits per heavy atom. The molecule has 1 fully saturated rings. The predicted octanol–water partition coefficient (Wildman–Crippen LogP) is 9.58. The molecule has 0 heterocycles. The van der Waals surface area contributed by atoms with Gasteiger partial charge in [-0.05, 0) is 74.1 Å². The maximum absolute atomic E-state index is 13.9. The number of unbranched alkanes of at least 4 members (excludes halogenated alkanes) is 7. The molecular formula is C29H42F2. The van der Waals surface area contributed by atoms with Crippen LogP contribution < -0.4 is 0 Å². The van der Waals surface area contributed by atoms with Crippen molar-refractivity contribution in [2.45, 2.75) is 110 Å². The van der Waals surface area contributed by atoms with Gasteiger partial charge in [-0.3, -0.25) is 0 Å². The minimum Gasteiger partial charge on any atom is -0.207 e. The van der Waals surface area contributed by atoms with E-state index in [-0.39, 0.29) is 11.5 Å². The SMILES string of the molecule is CCCCCCCCCC[C@H]1CC[C@H](C2=CCC(c3cc(F)c(C)c(F)c3)C=C2)CC1. The minimum absolute atomic E-state index is 0.0895. The summed E-state index contributed by atoms with van der Waals surface area (Å²) in [6.45, 7) is 3.77. The molecular weight excluding hydrogens is 386 g/mol. The maximum Gasteiger partial charge on any atom is 0.129 e. The van der Waals surface area contributed by atoms with Crippen LogP contribution in [-0.4, -0.2) is 0 Å². The fourth-order valence-corrected chi connectivity index (χ4v) is 5.42. The lowest BCUT2D eigenvalue weighted by atomic mass is 9.75. The molecule has 1 atom stereocenters. The van der Waals surface area contributed by atoms with Gasteiger partial charge in [-0.1, -0.05) is 82.9 Å². The molecule has 1 unspecified atom stereocenters. The summed E-state index contributed by atoms with van der Waals surface area (Å²) in [7, 11) is 0. The first kappa shape index (κ1) is 24.2. The van der Waals surface area contributed by atoms with Crippen LogP contribution in [0.5, 0.6) is 0 Å². The first-order chi connectivity index (χ1) is 15.1. The molecule has 0 nitrogen and oxygen atoms in total. The smallest absolute Gasteiger partial charge is 0.129 e. The Bertz CT molecular complexity index is 714. The molecule has 1 aromatic rings. The lowest BCUT2D eigenvalue weighted by Gasteiger charge is -2.31. The summed E-state index contributed by atoms with van der Waals surface area (Å²) in [5.41, 5.74) is 2.32. The van der Waals surface area contributed by atoms with Gasteiger partial charge in [-0.15, -0.1) is 0 Å². The van der Waals surface area contributed by atoms with E-state index < -0.39 is 11.6 Å². The van der Waals surface area contributed by atoms with Crippen LogP contribution in [-0.2, 0) is 0 Å². The second kappa shape index (κ2) is 12.6. The third kappa shape index (κ3) is 7.29. The normalized spacial score (nSPS) is 23.7. The Hall–Kier alpha value is -1.44. The van der Waals surface area contributed by atoms with Crippen molar-refractivity contribution in [2.75, 3.05) is 0 Å². The van der Waals surface area contributed by atoms with Crippen molar-refractivity contribution in [3.8, 4) is 0 Å². The molecule has 31 heavy (non-hydrogen) atoms. The Morgan fingerprint density at radius 1 is 0.839 bits per heavy atom. The standard InChI is InChI=1S/C29H42F2/c1-3-4-5-6-7-8-9-10-11-23-12-14-24(15-13-23)25-16-18-26(19-17-25)27-20-28(30)22(2)29(31)21-27/h16-18,20-21,23-24,26H,3-15,19H2,1-2H3/t23-,24-,26?. The van der Waals surface area contributed by atoms with E-state index in [2.05, 4.69) is 25.2 Å². The van der Waals surface area contributed by atoms with E-state index in [1.165, 1.54) is 108 Å². The first-order valence-electron chi connectivity index (χ1n) is 12.9. The van der Waals surface area contributed by atoms with E-state index in [0.717, 1.165) is 17.9 Å². The van der Waals surface area contributed by atoms with Gasteiger partial charge < -0.3 is 0 Å². The minimum atomic E-state index is -0.437. The van der Waals surface area contributed by atoms with Gasteiger partial charge in [0.25, 0.3) is 0 Å². The van der Waals surface area contributed by atoms with Gasteiger partial charge in [0.1, 0.15) is 11.6 Å². The number of hydrogen-bond donors (Lipinski definition) is 0. The first-order valence-corrected chi connectivity index (χ1v) is 12.9. The zero-order valence-corrected chi connectivity index (χ0v) is 19.8. The van der Waals surface area contributed by atoms with Crippen molar-refractivity contribution in [1.29, 1.82) is 0 Å². The third-order valence-corrected chi connectivity index (χ3v) is 7.64. The van der Waals surface area contributed by atoms with E-state index in [4.69, 9.17) is 0 Å².